The number of hydrogen-bond donors (Lipinski definition) is 1. The van der Waals surface area contributed by atoms with Crippen molar-refractivity contribution in [2.75, 3.05) is 6.54 Å². The molecule has 8 heteroatoms. The Morgan fingerprint density at radius 1 is 1.13 bits per heavy atom. The third-order valence-corrected chi connectivity index (χ3v) is 5.56. The fourth-order valence-corrected chi connectivity index (χ4v) is 3.99. The second-order valence-corrected chi connectivity index (χ2v) is 8.07. The largest absolute Gasteiger partial charge is 0.416 e. The van der Waals surface area contributed by atoms with Crippen LogP contribution in [0.3, 0.4) is 0 Å². The Morgan fingerprint density at radius 2 is 1.80 bits per heavy atom. The number of halogens is 4. The van der Waals surface area contributed by atoms with Crippen LogP contribution in [0.25, 0.3) is 0 Å². The minimum Gasteiger partial charge on any atom is -0.297 e. The maximum atomic E-state index is 13.0. The van der Waals surface area contributed by atoms with Gasteiger partial charge in [0.05, 0.1) is 17.0 Å². The lowest BCUT2D eigenvalue weighted by Gasteiger charge is -2.22. The van der Waals surface area contributed by atoms with E-state index in [1.807, 2.05) is 32.9 Å². The molecule has 2 aromatic rings. The van der Waals surface area contributed by atoms with E-state index in [4.69, 9.17) is 15.8 Å². The molecule has 0 spiro atoms. The number of rotatable bonds is 4. The molecule has 30 heavy (non-hydrogen) atoms. The Labute approximate surface area is 182 Å². The SMILES string of the molecule is CCCN(N)C1=Nc2c(Br)cc(CC)cc2C(c2ccc(C(F)(F)F)cc2)=NC1C. The van der Waals surface area contributed by atoms with Crippen molar-refractivity contribution in [3.8, 4) is 0 Å². The van der Waals surface area contributed by atoms with Gasteiger partial charge in [-0.3, -0.25) is 10.0 Å². The number of hydrazine groups is 1. The normalized spacial score (nSPS) is 16.5. The summed E-state index contributed by atoms with van der Waals surface area (Å²) in [5.41, 5.74) is 3.04. The van der Waals surface area contributed by atoms with E-state index in [1.165, 1.54) is 12.1 Å². The second-order valence-electron chi connectivity index (χ2n) is 7.22. The number of hydrogen-bond acceptors (Lipinski definition) is 4. The van der Waals surface area contributed by atoms with Gasteiger partial charge < -0.3 is 0 Å². The molecule has 1 aliphatic rings. The highest BCUT2D eigenvalue weighted by Gasteiger charge is 2.31. The monoisotopic (exact) mass is 480 g/mol. The highest BCUT2D eigenvalue weighted by atomic mass is 79.9. The fraction of sp³-hybridized carbons (Fsp3) is 0.364. The summed E-state index contributed by atoms with van der Waals surface area (Å²) in [5, 5.41) is 1.59. The highest BCUT2D eigenvalue weighted by Crippen LogP contribution is 2.36. The number of fused-ring (bicyclic) bond motifs is 1. The van der Waals surface area contributed by atoms with E-state index < -0.39 is 11.7 Å². The molecule has 0 saturated carbocycles. The number of aliphatic imine (C=N–C) groups is 2. The van der Waals surface area contributed by atoms with Crippen molar-refractivity contribution in [3.05, 3.63) is 63.1 Å². The zero-order chi connectivity index (χ0) is 22.1. The summed E-state index contributed by atoms with van der Waals surface area (Å²) < 4.78 is 39.9. The Hall–Kier alpha value is -2.19. The van der Waals surface area contributed by atoms with Crippen molar-refractivity contribution in [2.24, 2.45) is 15.8 Å². The molecule has 0 radical (unpaired) electrons. The van der Waals surface area contributed by atoms with E-state index >= 15 is 0 Å². The molecule has 2 aromatic carbocycles. The molecule has 1 heterocycles. The predicted octanol–water partition coefficient (Wildman–Crippen LogP) is 5.89. The zero-order valence-electron chi connectivity index (χ0n) is 17.1. The average molecular weight is 481 g/mol. The molecule has 0 bridgehead atoms. The molecule has 0 aliphatic carbocycles. The van der Waals surface area contributed by atoms with Crippen molar-refractivity contribution in [3.63, 3.8) is 0 Å². The van der Waals surface area contributed by atoms with Gasteiger partial charge in [-0.25, -0.2) is 10.8 Å². The third kappa shape index (κ3) is 4.59. The van der Waals surface area contributed by atoms with Gasteiger partial charge in [0.15, 0.2) is 0 Å². The molecule has 4 nitrogen and oxygen atoms in total. The Balaban J connectivity index is 2.20. The van der Waals surface area contributed by atoms with E-state index in [2.05, 4.69) is 15.9 Å². The molecule has 0 saturated heterocycles. The second kappa shape index (κ2) is 8.89. The van der Waals surface area contributed by atoms with Gasteiger partial charge >= 0.3 is 6.18 Å². The lowest BCUT2D eigenvalue weighted by molar-refractivity contribution is -0.137. The minimum absolute atomic E-state index is 0.358. The first-order valence-corrected chi connectivity index (χ1v) is 10.6. The summed E-state index contributed by atoms with van der Waals surface area (Å²) in [6.07, 6.45) is -2.73. The maximum Gasteiger partial charge on any atom is 0.416 e. The van der Waals surface area contributed by atoms with Crippen LogP contribution in [0.15, 0.2) is 50.9 Å². The van der Waals surface area contributed by atoms with Crippen molar-refractivity contribution in [2.45, 2.75) is 45.8 Å². The molecule has 1 unspecified atom stereocenters. The van der Waals surface area contributed by atoms with Crippen LogP contribution < -0.4 is 5.84 Å². The molecule has 1 atom stereocenters. The standard InChI is InChI=1S/C22H24BrF3N4/c1-4-10-30(27)21-13(3)28-19(15-6-8-16(9-7-15)22(24,25)26)17-11-14(5-2)12-18(23)20(17)29-21/h6-9,11-13H,4-5,10,27H2,1-3H3. The lowest BCUT2D eigenvalue weighted by Crippen LogP contribution is -2.42. The van der Waals surface area contributed by atoms with E-state index in [0.29, 0.717) is 29.3 Å². The number of aryl methyl sites for hydroxylation is 1. The van der Waals surface area contributed by atoms with E-state index in [-0.39, 0.29) is 6.04 Å². The summed E-state index contributed by atoms with van der Waals surface area (Å²) in [6, 6.07) is 8.73. The van der Waals surface area contributed by atoms with E-state index in [9.17, 15) is 13.2 Å². The summed E-state index contributed by atoms with van der Waals surface area (Å²) in [5.74, 6) is 6.84. The molecular formula is C22H24BrF3N4. The molecule has 3 rings (SSSR count). The van der Waals surface area contributed by atoms with Gasteiger partial charge in [-0.15, -0.1) is 0 Å². The first kappa shape index (κ1) is 22.5. The molecule has 0 fully saturated rings. The number of nitrogens with zero attached hydrogens (tertiary/aromatic N) is 3. The van der Waals surface area contributed by atoms with Gasteiger partial charge in [-0.05, 0) is 65.5 Å². The number of nitrogens with two attached hydrogens (primary N) is 1. The van der Waals surface area contributed by atoms with Gasteiger partial charge in [0.2, 0.25) is 0 Å². The average Bonchev–Trinajstić information content (AvgIpc) is 2.84. The summed E-state index contributed by atoms with van der Waals surface area (Å²) in [4.78, 5) is 9.67. The van der Waals surface area contributed by atoms with Crippen molar-refractivity contribution >= 4 is 33.2 Å². The first-order chi connectivity index (χ1) is 14.2. The summed E-state index contributed by atoms with van der Waals surface area (Å²) >= 11 is 3.61. The van der Waals surface area contributed by atoms with Crippen LogP contribution in [0.1, 0.15) is 49.4 Å². The van der Waals surface area contributed by atoms with Crippen molar-refractivity contribution in [1.82, 2.24) is 5.01 Å². The first-order valence-electron chi connectivity index (χ1n) is 9.84. The summed E-state index contributed by atoms with van der Waals surface area (Å²) in [6.45, 7) is 6.57. The zero-order valence-corrected chi connectivity index (χ0v) is 18.7. The lowest BCUT2D eigenvalue weighted by atomic mass is 9.97. The highest BCUT2D eigenvalue weighted by molar-refractivity contribution is 9.10. The molecule has 160 valence electrons. The Bertz CT molecular complexity index is 981. The minimum atomic E-state index is -4.39. The van der Waals surface area contributed by atoms with Crippen molar-refractivity contribution < 1.29 is 13.2 Å². The quantitative estimate of drug-likeness (QED) is 0.438. The Morgan fingerprint density at radius 3 is 2.37 bits per heavy atom. The maximum absolute atomic E-state index is 13.0. The van der Waals surface area contributed by atoms with E-state index in [1.54, 1.807) is 5.01 Å². The smallest absolute Gasteiger partial charge is 0.297 e. The van der Waals surface area contributed by atoms with Gasteiger partial charge in [0.1, 0.15) is 11.9 Å². The van der Waals surface area contributed by atoms with Crippen LogP contribution in [0.4, 0.5) is 18.9 Å². The number of amidine groups is 1. The van der Waals surface area contributed by atoms with Crippen molar-refractivity contribution in [1.29, 1.82) is 0 Å². The topological polar surface area (TPSA) is 54.0 Å². The molecule has 0 aromatic heterocycles. The van der Waals surface area contributed by atoms with Gasteiger partial charge in [0.25, 0.3) is 0 Å². The number of benzene rings is 2. The molecule has 1 aliphatic heterocycles. The molecule has 2 N–H and O–H groups in total. The van der Waals surface area contributed by atoms with Crippen LogP contribution in [0, 0.1) is 0 Å². The third-order valence-electron chi connectivity index (χ3n) is 4.95. The summed E-state index contributed by atoms with van der Waals surface area (Å²) in [7, 11) is 0. The van der Waals surface area contributed by atoms with Gasteiger partial charge in [-0.1, -0.05) is 26.0 Å². The van der Waals surface area contributed by atoms with Gasteiger partial charge in [-0.2, -0.15) is 13.2 Å². The molecular weight excluding hydrogens is 457 g/mol. The molecule has 0 amide bonds. The van der Waals surface area contributed by atoms with Crippen LogP contribution in [0.2, 0.25) is 0 Å². The van der Waals surface area contributed by atoms with E-state index in [0.717, 1.165) is 40.6 Å². The predicted molar refractivity (Wildman–Crippen MR) is 118 cm³/mol. The van der Waals surface area contributed by atoms with Crippen LogP contribution in [-0.4, -0.2) is 29.1 Å². The number of alkyl halides is 3. The Kier molecular flexibility index (Phi) is 6.67. The van der Waals surface area contributed by atoms with Crippen LogP contribution in [-0.2, 0) is 12.6 Å². The van der Waals surface area contributed by atoms with Crippen LogP contribution in [0.5, 0.6) is 0 Å². The van der Waals surface area contributed by atoms with Crippen LogP contribution >= 0.6 is 15.9 Å². The van der Waals surface area contributed by atoms with Gasteiger partial charge in [0, 0.05) is 22.1 Å². The fourth-order valence-electron chi connectivity index (χ4n) is 3.39.